The Morgan fingerprint density at radius 2 is 1.70 bits per heavy atom. The van der Waals surface area contributed by atoms with E-state index in [4.69, 9.17) is 0 Å². The topological polar surface area (TPSA) is 73.8 Å². The van der Waals surface area contributed by atoms with E-state index in [1.54, 1.807) is 23.0 Å². The summed E-state index contributed by atoms with van der Waals surface area (Å²) < 4.78 is 1.79. The Hall–Kier alpha value is -3.02. The molecule has 0 N–H and O–H groups in total. The van der Waals surface area contributed by atoms with E-state index in [9.17, 15) is 10.1 Å². The Bertz CT molecular complexity index is 735. The quantitative estimate of drug-likeness (QED) is 0.539. The monoisotopic (exact) mass is 266 g/mol. The third kappa shape index (κ3) is 2.14. The standard InChI is InChI=1S/C14H10N4O2/c19-18(20)13-8-6-12(7-9-13)17-10-15-16-14(17)11-4-2-1-3-5-11/h1-10H. The Balaban J connectivity index is 2.04. The molecule has 3 rings (SSSR count). The Morgan fingerprint density at radius 3 is 2.35 bits per heavy atom. The van der Waals surface area contributed by atoms with Crippen molar-refractivity contribution in [2.45, 2.75) is 0 Å². The van der Waals surface area contributed by atoms with Crippen LogP contribution in [0.25, 0.3) is 17.1 Å². The van der Waals surface area contributed by atoms with E-state index < -0.39 is 4.92 Å². The van der Waals surface area contributed by atoms with E-state index in [2.05, 4.69) is 10.2 Å². The first-order valence-corrected chi connectivity index (χ1v) is 5.96. The summed E-state index contributed by atoms with van der Waals surface area (Å²) in [5.41, 5.74) is 1.77. The van der Waals surface area contributed by atoms with E-state index in [-0.39, 0.29) is 5.69 Å². The predicted molar refractivity (Wildman–Crippen MR) is 73.4 cm³/mol. The molecule has 0 aliphatic carbocycles. The molecule has 1 heterocycles. The summed E-state index contributed by atoms with van der Waals surface area (Å²) in [5.74, 6) is 0.694. The second kappa shape index (κ2) is 4.93. The van der Waals surface area contributed by atoms with Gasteiger partial charge in [-0.15, -0.1) is 10.2 Å². The first kappa shape index (κ1) is 12.0. The van der Waals surface area contributed by atoms with Gasteiger partial charge in [0.05, 0.1) is 4.92 Å². The van der Waals surface area contributed by atoms with E-state index in [1.165, 1.54) is 12.1 Å². The minimum Gasteiger partial charge on any atom is -0.282 e. The highest BCUT2D eigenvalue weighted by Crippen LogP contribution is 2.21. The maximum atomic E-state index is 10.7. The molecular weight excluding hydrogens is 256 g/mol. The molecule has 0 spiro atoms. The number of rotatable bonds is 3. The zero-order chi connectivity index (χ0) is 13.9. The molecule has 0 aliphatic heterocycles. The number of hydrogen-bond acceptors (Lipinski definition) is 4. The molecule has 20 heavy (non-hydrogen) atoms. The smallest absolute Gasteiger partial charge is 0.269 e. The number of benzene rings is 2. The van der Waals surface area contributed by atoms with Crippen LogP contribution in [0.15, 0.2) is 60.9 Å². The van der Waals surface area contributed by atoms with Crippen LogP contribution in [0.3, 0.4) is 0 Å². The fourth-order valence-electron chi connectivity index (χ4n) is 1.94. The van der Waals surface area contributed by atoms with Gasteiger partial charge in [-0.05, 0) is 12.1 Å². The molecule has 2 aromatic carbocycles. The number of aromatic nitrogens is 3. The molecule has 0 radical (unpaired) electrons. The molecule has 6 nitrogen and oxygen atoms in total. The van der Waals surface area contributed by atoms with E-state index >= 15 is 0 Å². The van der Waals surface area contributed by atoms with Crippen molar-refractivity contribution >= 4 is 5.69 Å². The number of nitrogens with zero attached hydrogens (tertiary/aromatic N) is 4. The fourth-order valence-corrected chi connectivity index (χ4v) is 1.94. The molecule has 6 heteroatoms. The van der Waals surface area contributed by atoms with Crippen LogP contribution < -0.4 is 0 Å². The van der Waals surface area contributed by atoms with Gasteiger partial charge in [-0.25, -0.2) is 0 Å². The van der Waals surface area contributed by atoms with Crippen LogP contribution in [0.4, 0.5) is 5.69 Å². The number of nitro groups is 1. The highest BCUT2D eigenvalue weighted by molar-refractivity contribution is 5.58. The molecule has 0 aliphatic rings. The number of non-ortho nitro benzene ring substituents is 1. The van der Waals surface area contributed by atoms with Crippen molar-refractivity contribution < 1.29 is 4.92 Å². The molecular formula is C14H10N4O2. The fraction of sp³-hybridized carbons (Fsp3) is 0. The summed E-state index contributed by atoms with van der Waals surface area (Å²) >= 11 is 0. The van der Waals surface area contributed by atoms with Gasteiger partial charge in [-0.1, -0.05) is 30.3 Å². The maximum Gasteiger partial charge on any atom is 0.269 e. The molecule has 0 atom stereocenters. The average molecular weight is 266 g/mol. The van der Waals surface area contributed by atoms with Gasteiger partial charge in [-0.3, -0.25) is 14.7 Å². The molecule has 0 fully saturated rings. The summed E-state index contributed by atoms with van der Waals surface area (Å²) in [4.78, 5) is 10.2. The molecule has 1 aromatic heterocycles. The summed E-state index contributed by atoms with van der Waals surface area (Å²) in [6.45, 7) is 0. The maximum absolute atomic E-state index is 10.7. The molecule has 98 valence electrons. The lowest BCUT2D eigenvalue weighted by Gasteiger charge is -2.06. The highest BCUT2D eigenvalue weighted by atomic mass is 16.6. The SMILES string of the molecule is O=[N+]([O-])c1ccc(-n2cnnc2-c2ccccc2)cc1. The van der Waals surface area contributed by atoms with Gasteiger partial charge in [0.1, 0.15) is 6.33 Å². The summed E-state index contributed by atoms with van der Waals surface area (Å²) in [6, 6.07) is 15.9. The molecule has 0 unspecified atom stereocenters. The molecule has 0 bridgehead atoms. The van der Waals surface area contributed by atoms with Crippen molar-refractivity contribution in [2.24, 2.45) is 0 Å². The lowest BCUT2D eigenvalue weighted by Crippen LogP contribution is -1.96. The van der Waals surface area contributed by atoms with Crippen molar-refractivity contribution in [1.29, 1.82) is 0 Å². The Labute approximate surface area is 114 Å². The van der Waals surface area contributed by atoms with Crippen molar-refractivity contribution in [3.63, 3.8) is 0 Å². The van der Waals surface area contributed by atoms with E-state index in [1.807, 2.05) is 30.3 Å². The minimum atomic E-state index is -0.423. The lowest BCUT2D eigenvalue weighted by atomic mass is 10.2. The van der Waals surface area contributed by atoms with Crippen LogP contribution in [-0.2, 0) is 0 Å². The summed E-state index contributed by atoms with van der Waals surface area (Å²) in [7, 11) is 0. The second-order valence-corrected chi connectivity index (χ2v) is 4.16. The van der Waals surface area contributed by atoms with Gasteiger partial charge < -0.3 is 0 Å². The third-order valence-electron chi connectivity index (χ3n) is 2.92. The van der Waals surface area contributed by atoms with E-state index in [0.29, 0.717) is 5.82 Å². The number of hydrogen-bond donors (Lipinski definition) is 0. The van der Waals surface area contributed by atoms with Gasteiger partial charge in [0.25, 0.3) is 5.69 Å². The van der Waals surface area contributed by atoms with Crippen LogP contribution >= 0.6 is 0 Å². The van der Waals surface area contributed by atoms with Crippen molar-refractivity contribution in [2.75, 3.05) is 0 Å². The predicted octanol–water partition coefficient (Wildman–Crippen LogP) is 2.84. The molecule has 0 amide bonds. The van der Waals surface area contributed by atoms with Gasteiger partial charge in [-0.2, -0.15) is 0 Å². The first-order chi connectivity index (χ1) is 9.75. The number of nitro benzene ring substituents is 1. The minimum absolute atomic E-state index is 0.0584. The molecule has 3 aromatic rings. The zero-order valence-corrected chi connectivity index (χ0v) is 10.4. The lowest BCUT2D eigenvalue weighted by molar-refractivity contribution is -0.384. The van der Waals surface area contributed by atoms with Gasteiger partial charge >= 0.3 is 0 Å². The molecule has 0 saturated heterocycles. The van der Waals surface area contributed by atoms with E-state index in [0.717, 1.165) is 11.3 Å². The zero-order valence-electron chi connectivity index (χ0n) is 10.4. The molecule has 0 saturated carbocycles. The van der Waals surface area contributed by atoms with Crippen LogP contribution in [0, 0.1) is 10.1 Å². The van der Waals surface area contributed by atoms with Crippen LogP contribution in [-0.4, -0.2) is 19.7 Å². The normalized spacial score (nSPS) is 10.4. The van der Waals surface area contributed by atoms with Gasteiger partial charge in [0.15, 0.2) is 5.82 Å². The summed E-state index contributed by atoms with van der Waals surface area (Å²) in [5, 5.41) is 18.7. The Morgan fingerprint density at radius 1 is 1.00 bits per heavy atom. The van der Waals surface area contributed by atoms with Crippen LogP contribution in [0.2, 0.25) is 0 Å². The van der Waals surface area contributed by atoms with Crippen molar-refractivity contribution in [3.8, 4) is 17.1 Å². The van der Waals surface area contributed by atoms with Crippen molar-refractivity contribution in [3.05, 3.63) is 71.0 Å². The van der Waals surface area contributed by atoms with Crippen molar-refractivity contribution in [1.82, 2.24) is 14.8 Å². The summed E-state index contributed by atoms with van der Waals surface area (Å²) in [6.07, 6.45) is 1.59. The largest absolute Gasteiger partial charge is 0.282 e. The van der Waals surface area contributed by atoms with Gasteiger partial charge in [0.2, 0.25) is 0 Å². The van der Waals surface area contributed by atoms with Crippen LogP contribution in [0.5, 0.6) is 0 Å². The van der Waals surface area contributed by atoms with Gasteiger partial charge in [0, 0.05) is 23.4 Å². The van der Waals surface area contributed by atoms with Crippen LogP contribution in [0.1, 0.15) is 0 Å². The third-order valence-corrected chi connectivity index (χ3v) is 2.92. The Kier molecular flexibility index (Phi) is 2.96. The second-order valence-electron chi connectivity index (χ2n) is 4.16. The highest BCUT2D eigenvalue weighted by Gasteiger charge is 2.10. The average Bonchev–Trinajstić information content (AvgIpc) is 2.97. The first-order valence-electron chi connectivity index (χ1n) is 5.96.